The molecular weight excluding hydrogens is 284 g/mol. The van der Waals surface area contributed by atoms with Crippen LogP contribution in [-0.4, -0.2) is 18.3 Å². The Kier molecular flexibility index (Phi) is 3.53. The molecule has 2 rings (SSSR count). The third kappa shape index (κ3) is 2.83. The first-order valence-corrected chi connectivity index (χ1v) is 6.86. The Morgan fingerprint density at radius 1 is 1.20 bits per heavy atom. The molecule has 0 saturated heterocycles. The van der Waals surface area contributed by atoms with Gasteiger partial charge in [-0.25, -0.2) is 13.4 Å². The van der Waals surface area contributed by atoms with Gasteiger partial charge < -0.3 is 5.73 Å². The molecule has 0 saturated carbocycles. The number of nitro benzene ring substituents is 1. The average molecular weight is 294 g/mol. The summed E-state index contributed by atoms with van der Waals surface area (Å²) in [6.45, 7) is 0. The van der Waals surface area contributed by atoms with E-state index in [1.807, 2.05) is 0 Å². The number of benzene rings is 1. The Morgan fingerprint density at radius 2 is 1.85 bits per heavy atom. The zero-order valence-corrected chi connectivity index (χ0v) is 10.9. The molecule has 0 spiro atoms. The summed E-state index contributed by atoms with van der Waals surface area (Å²) in [7, 11) is -3.88. The molecule has 0 radical (unpaired) electrons. The van der Waals surface area contributed by atoms with Gasteiger partial charge in [0.15, 0.2) is 0 Å². The summed E-state index contributed by atoms with van der Waals surface area (Å²) in [5, 5.41) is 10.5. The Morgan fingerprint density at radius 3 is 2.40 bits per heavy atom. The number of nitrogen functional groups attached to an aromatic ring is 1. The molecule has 8 nitrogen and oxygen atoms in total. The highest BCUT2D eigenvalue weighted by molar-refractivity contribution is 7.92. The molecule has 1 aromatic heterocycles. The molecule has 9 heteroatoms. The van der Waals surface area contributed by atoms with E-state index in [0.29, 0.717) is 0 Å². The number of hydrogen-bond acceptors (Lipinski definition) is 6. The lowest BCUT2D eigenvalue weighted by atomic mass is 10.3. The highest BCUT2D eigenvalue weighted by atomic mass is 32.2. The number of nitrogens with zero attached hydrogens (tertiary/aromatic N) is 2. The van der Waals surface area contributed by atoms with Crippen molar-refractivity contribution in [3.63, 3.8) is 0 Å². The van der Waals surface area contributed by atoms with Crippen molar-refractivity contribution in [2.45, 2.75) is 4.90 Å². The van der Waals surface area contributed by atoms with E-state index in [4.69, 9.17) is 5.73 Å². The van der Waals surface area contributed by atoms with Gasteiger partial charge >= 0.3 is 0 Å². The van der Waals surface area contributed by atoms with Crippen molar-refractivity contribution >= 4 is 27.2 Å². The van der Waals surface area contributed by atoms with Crippen LogP contribution in [0.5, 0.6) is 0 Å². The van der Waals surface area contributed by atoms with E-state index in [0.717, 1.165) is 0 Å². The maximum atomic E-state index is 12.1. The Bertz CT molecular complexity index is 743. The Hall–Kier alpha value is -2.68. The van der Waals surface area contributed by atoms with E-state index in [9.17, 15) is 18.5 Å². The summed E-state index contributed by atoms with van der Waals surface area (Å²) >= 11 is 0. The fraction of sp³-hybridized carbons (Fsp3) is 0. The summed E-state index contributed by atoms with van der Waals surface area (Å²) in [6.07, 6.45) is 1.38. The van der Waals surface area contributed by atoms with Crippen molar-refractivity contribution in [3.05, 3.63) is 52.7 Å². The van der Waals surface area contributed by atoms with Crippen LogP contribution in [0.3, 0.4) is 0 Å². The zero-order chi connectivity index (χ0) is 14.8. The summed E-state index contributed by atoms with van der Waals surface area (Å²) in [6, 6.07) is 7.75. The molecule has 0 bridgehead atoms. The number of rotatable bonds is 4. The van der Waals surface area contributed by atoms with Gasteiger partial charge in [-0.1, -0.05) is 0 Å². The fourth-order valence-corrected chi connectivity index (χ4v) is 2.63. The second-order valence-corrected chi connectivity index (χ2v) is 5.45. The van der Waals surface area contributed by atoms with E-state index in [1.165, 1.54) is 42.6 Å². The summed E-state index contributed by atoms with van der Waals surface area (Å²) in [5.74, 6) is -0.123. The van der Waals surface area contributed by atoms with Crippen LogP contribution in [0.2, 0.25) is 0 Å². The summed E-state index contributed by atoms with van der Waals surface area (Å²) < 4.78 is 26.4. The monoisotopic (exact) mass is 294 g/mol. The van der Waals surface area contributed by atoms with Crippen LogP contribution in [0, 0.1) is 10.1 Å². The molecule has 20 heavy (non-hydrogen) atoms. The summed E-state index contributed by atoms with van der Waals surface area (Å²) in [5.41, 5.74) is 5.57. The minimum Gasteiger partial charge on any atom is -0.383 e. The number of nitrogens with one attached hydrogen (secondary N) is 1. The zero-order valence-electron chi connectivity index (χ0n) is 10.1. The van der Waals surface area contributed by atoms with Crippen molar-refractivity contribution in [3.8, 4) is 0 Å². The number of anilines is 2. The average Bonchev–Trinajstić information content (AvgIpc) is 2.39. The number of hydrogen-bond donors (Lipinski definition) is 2. The van der Waals surface area contributed by atoms with Crippen molar-refractivity contribution in [1.29, 1.82) is 0 Å². The SMILES string of the molecule is Nc1ncccc1S(=O)(=O)Nc1ccc([N+](=O)[O-])cc1. The smallest absolute Gasteiger partial charge is 0.269 e. The predicted octanol–water partition coefficient (Wildman–Crippen LogP) is 1.37. The van der Waals surface area contributed by atoms with E-state index >= 15 is 0 Å². The van der Waals surface area contributed by atoms with Crippen LogP contribution in [0.4, 0.5) is 17.2 Å². The Balaban J connectivity index is 2.29. The number of sulfonamides is 1. The van der Waals surface area contributed by atoms with Crippen LogP contribution in [-0.2, 0) is 10.0 Å². The summed E-state index contributed by atoms with van der Waals surface area (Å²) in [4.78, 5) is 13.5. The number of pyridine rings is 1. The maximum absolute atomic E-state index is 12.1. The molecule has 0 unspecified atom stereocenters. The van der Waals surface area contributed by atoms with E-state index in [-0.39, 0.29) is 22.1 Å². The van der Waals surface area contributed by atoms with Gasteiger partial charge in [0.2, 0.25) is 0 Å². The van der Waals surface area contributed by atoms with Crippen molar-refractivity contribution in [2.24, 2.45) is 0 Å². The normalized spacial score (nSPS) is 11.0. The molecule has 0 aliphatic rings. The lowest BCUT2D eigenvalue weighted by Gasteiger charge is -2.09. The van der Waals surface area contributed by atoms with E-state index < -0.39 is 14.9 Å². The Labute approximate surface area is 114 Å². The molecule has 2 aromatic rings. The van der Waals surface area contributed by atoms with E-state index in [2.05, 4.69) is 9.71 Å². The highest BCUT2D eigenvalue weighted by Gasteiger charge is 2.18. The number of aromatic nitrogens is 1. The quantitative estimate of drug-likeness (QED) is 0.647. The van der Waals surface area contributed by atoms with Gasteiger partial charge in [-0.2, -0.15) is 0 Å². The second kappa shape index (κ2) is 5.13. The standard InChI is InChI=1S/C11H10N4O4S/c12-11-10(2-1-7-13-11)20(18,19)14-8-3-5-9(6-4-8)15(16)17/h1-7,14H,(H2,12,13). The number of nitrogens with two attached hydrogens (primary N) is 1. The van der Waals surface area contributed by atoms with Gasteiger partial charge in [0, 0.05) is 24.0 Å². The first-order valence-electron chi connectivity index (χ1n) is 5.38. The van der Waals surface area contributed by atoms with Crippen molar-refractivity contribution in [1.82, 2.24) is 4.98 Å². The van der Waals surface area contributed by atoms with Crippen LogP contribution in [0.1, 0.15) is 0 Å². The largest absolute Gasteiger partial charge is 0.383 e. The van der Waals surface area contributed by atoms with Crippen molar-refractivity contribution < 1.29 is 13.3 Å². The maximum Gasteiger partial charge on any atom is 0.269 e. The van der Waals surface area contributed by atoms with Crippen LogP contribution in [0.15, 0.2) is 47.5 Å². The molecule has 3 N–H and O–H groups in total. The van der Waals surface area contributed by atoms with Crippen molar-refractivity contribution in [2.75, 3.05) is 10.5 Å². The molecule has 1 aromatic carbocycles. The lowest BCUT2D eigenvalue weighted by molar-refractivity contribution is -0.384. The van der Waals surface area contributed by atoms with Gasteiger partial charge in [0.1, 0.15) is 10.7 Å². The first-order chi connectivity index (χ1) is 9.40. The minimum absolute atomic E-state index is 0.123. The lowest BCUT2D eigenvalue weighted by Crippen LogP contribution is -2.15. The molecule has 0 aliphatic heterocycles. The molecule has 1 heterocycles. The number of non-ortho nitro benzene ring substituents is 1. The highest BCUT2D eigenvalue weighted by Crippen LogP contribution is 2.21. The molecule has 0 atom stereocenters. The van der Waals surface area contributed by atoms with Gasteiger partial charge in [0.25, 0.3) is 15.7 Å². The van der Waals surface area contributed by atoms with E-state index in [1.54, 1.807) is 0 Å². The second-order valence-electron chi connectivity index (χ2n) is 3.80. The van der Waals surface area contributed by atoms with Gasteiger partial charge in [-0.15, -0.1) is 0 Å². The third-order valence-corrected chi connectivity index (χ3v) is 3.85. The third-order valence-electron chi connectivity index (χ3n) is 2.42. The van der Waals surface area contributed by atoms with Gasteiger partial charge in [0.05, 0.1) is 4.92 Å². The van der Waals surface area contributed by atoms with Crippen LogP contribution >= 0.6 is 0 Å². The first kappa shape index (κ1) is 13.7. The van der Waals surface area contributed by atoms with Crippen LogP contribution in [0.25, 0.3) is 0 Å². The molecular formula is C11H10N4O4S. The topological polar surface area (TPSA) is 128 Å². The van der Waals surface area contributed by atoms with Crippen LogP contribution < -0.4 is 10.5 Å². The predicted molar refractivity (Wildman–Crippen MR) is 72.6 cm³/mol. The fourth-order valence-electron chi connectivity index (χ4n) is 1.49. The molecule has 104 valence electrons. The molecule has 0 fully saturated rings. The molecule has 0 aliphatic carbocycles. The molecule has 0 amide bonds. The van der Waals surface area contributed by atoms with Gasteiger partial charge in [-0.3, -0.25) is 14.8 Å². The minimum atomic E-state index is -3.88. The number of nitro groups is 1. The van der Waals surface area contributed by atoms with Gasteiger partial charge in [-0.05, 0) is 24.3 Å².